The van der Waals surface area contributed by atoms with Gasteiger partial charge in [0.05, 0.1) is 17.1 Å². The molecule has 28 heavy (non-hydrogen) atoms. The molecule has 1 unspecified atom stereocenters. The number of nitrogens with zero attached hydrogens (tertiary/aromatic N) is 3. The van der Waals surface area contributed by atoms with E-state index in [0.717, 1.165) is 49.7 Å². The number of anilines is 1. The summed E-state index contributed by atoms with van der Waals surface area (Å²) in [5.41, 5.74) is 9.36. The van der Waals surface area contributed by atoms with E-state index >= 15 is 0 Å². The molecule has 1 aliphatic rings. The molecule has 0 bridgehead atoms. The summed E-state index contributed by atoms with van der Waals surface area (Å²) in [6.45, 7) is 3.81. The lowest BCUT2D eigenvalue weighted by atomic mass is 10.2. The van der Waals surface area contributed by atoms with E-state index in [1.165, 1.54) is 0 Å². The van der Waals surface area contributed by atoms with E-state index in [2.05, 4.69) is 6.92 Å². The molecule has 3 heterocycles. The third-order valence-electron chi connectivity index (χ3n) is 5.21. The summed E-state index contributed by atoms with van der Waals surface area (Å²) in [6.07, 6.45) is 5.02. The van der Waals surface area contributed by atoms with Crippen LogP contribution in [0.4, 0.5) is 5.82 Å². The highest BCUT2D eigenvalue weighted by molar-refractivity contribution is 6.08. The molecule has 3 aromatic rings. The molecule has 2 N–H and O–H groups in total. The number of nitrogens with two attached hydrogens (primary N) is 1. The minimum absolute atomic E-state index is 0.0324. The van der Waals surface area contributed by atoms with Gasteiger partial charge in [-0.25, -0.2) is 14.8 Å². The van der Waals surface area contributed by atoms with Crippen LogP contribution in [-0.2, 0) is 16.0 Å². The number of aromatic nitrogens is 3. The van der Waals surface area contributed by atoms with Crippen LogP contribution >= 0.6 is 0 Å². The summed E-state index contributed by atoms with van der Waals surface area (Å²) < 4.78 is 13.0. The van der Waals surface area contributed by atoms with Gasteiger partial charge in [-0.2, -0.15) is 0 Å². The summed E-state index contributed by atoms with van der Waals surface area (Å²) in [7, 11) is 0. The van der Waals surface area contributed by atoms with Crippen molar-refractivity contribution in [1.29, 1.82) is 0 Å². The second kappa shape index (κ2) is 8.14. The number of hydrogen-bond donors (Lipinski definition) is 1. The second-order valence-corrected chi connectivity index (χ2v) is 7.24. The normalized spacial score (nSPS) is 16.8. The quantitative estimate of drug-likeness (QED) is 0.495. The number of carbonyl (C=O) groups is 1. The monoisotopic (exact) mass is 382 g/mol. The first-order valence-corrected chi connectivity index (χ1v) is 10.0. The number of benzene rings is 1. The Hall–Kier alpha value is -2.67. The maximum absolute atomic E-state index is 12.9. The van der Waals surface area contributed by atoms with Crippen LogP contribution in [0.3, 0.4) is 0 Å². The lowest BCUT2D eigenvalue weighted by molar-refractivity contribution is 0.0163. The van der Waals surface area contributed by atoms with Gasteiger partial charge in [0.2, 0.25) is 0 Å². The van der Waals surface area contributed by atoms with E-state index in [9.17, 15) is 4.79 Å². The molecule has 7 nitrogen and oxygen atoms in total. The van der Waals surface area contributed by atoms with Crippen molar-refractivity contribution in [3.8, 4) is 0 Å². The smallest absolute Gasteiger partial charge is 0.344 e. The number of ether oxygens (including phenoxy) is 2. The zero-order chi connectivity index (χ0) is 19.5. The van der Waals surface area contributed by atoms with E-state index in [0.29, 0.717) is 29.1 Å². The molecular formula is C21H26N4O3. The molecule has 7 heteroatoms. The number of unbranched alkanes of at least 4 members (excludes halogenated alkanes) is 2. The fourth-order valence-electron chi connectivity index (χ4n) is 3.68. The summed E-state index contributed by atoms with van der Waals surface area (Å²) in [5, 5.41) is 0. The molecule has 1 aromatic carbocycles. The van der Waals surface area contributed by atoms with Gasteiger partial charge in [0, 0.05) is 13.2 Å². The van der Waals surface area contributed by atoms with Crippen LogP contribution in [0.25, 0.3) is 22.2 Å². The lowest BCUT2D eigenvalue weighted by Crippen LogP contribution is -2.18. The van der Waals surface area contributed by atoms with Crippen molar-refractivity contribution in [3.63, 3.8) is 0 Å². The standard InChI is InChI=1S/C21H26N4O3/c1-2-3-6-11-25-19(22)17(21(26)28-13-14-8-7-12-27-14)18-20(25)24-16-10-5-4-9-15(16)23-18/h4-5,9-10,14H,2-3,6-8,11-13,22H2,1H3. The van der Waals surface area contributed by atoms with Gasteiger partial charge < -0.3 is 19.8 Å². The molecular weight excluding hydrogens is 356 g/mol. The number of hydrogen-bond acceptors (Lipinski definition) is 6. The molecule has 0 saturated carbocycles. The first-order chi connectivity index (χ1) is 13.7. The molecule has 1 fully saturated rings. The highest BCUT2D eigenvalue weighted by Crippen LogP contribution is 2.29. The van der Waals surface area contributed by atoms with Crippen LogP contribution in [0.5, 0.6) is 0 Å². The fourth-order valence-corrected chi connectivity index (χ4v) is 3.68. The van der Waals surface area contributed by atoms with Gasteiger partial charge in [-0.15, -0.1) is 0 Å². The molecule has 1 saturated heterocycles. The molecule has 0 spiro atoms. The van der Waals surface area contributed by atoms with E-state index in [1.54, 1.807) is 0 Å². The van der Waals surface area contributed by atoms with Crippen molar-refractivity contribution in [3.05, 3.63) is 29.8 Å². The van der Waals surface area contributed by atoms with Crippen molar-refractivity contribution in [2.45, 2.75) is 51.7 Å². The van der Waals surface area contributed by atoms with Crippen molar-refractivity contribution in [2.75, 3.05) is 18.9 Å². The van der Waals surface area contributed by atoms with E-state index in [-0.39, 0.29) is 12.7 Å². The molecule has 1 aliphatic heterocycles. The van der Waals surface area contributed by atoms with E-state index < -0.39 is 5.97 Å². The van der Waals surface area contributed by atoms with Gasteiger partial charge in [0.1, 0.15) is 23.5 Å². The predicted molar refractivity (Wildman–Crippen MR) is 108 cm³/mol. The second-order valence-electron chi connectivity index (χ2n) is 7.24. The SMILES string of the molecule is CCCCCn1c(N)c(C(=O)OCC2CCCO2)c2nc3ccccc3nc21. The van der Waals surface area contributed by atoms with Gasteiger partial charge in [0.15, 0.2) is 5.65 Å². The average molecular weight is 382 g/mol. The minimum Gasteiger partial charge on any atom is -0.459 e. The van der Waals surface area contributed by atoms with Gasteiger partial charge in [-0.3, -0.25) is 0 Å². The number of para-hydroxylation sites is 2. The largest absolute Gasteiger partial charge is 0.459 e. The van der Waals surface area contributed by atoms with Crippen LogP contribution in [0.2, 0.25) is 0 Å². The van der Waals surface area contributed by atoms with Crippen molar-refractivity contribution >= 4 is 34.0 Å². The third-order valence-corrected chi connectivity index (χ3v) is 5.21. The Morgan fingerprint density at radius 2 is 2.07 bits per heavy atom. The summed E-state index contributed by atoms with van der Waals surface area (Å²) >= 11 is 0. The minimum atomic E-state index is -0.461. The number of aryl methyl sites for hydroxylation is 1. The zero-order valence-electron chi connectivity index (χ0n) is 16.2. The Balaban J connectivity index is 1.73. The Labute approximate surface area is 163 Å². The number of carbonyl (C=O) groups excluding carboxylic acids is 1. The van der Waals surface area contributed by atoms with Gasteiger partial charge in [-0.05, 0) is 31.4 Å². The first kappa shape index (κ1) is 18.7. The van der Waals surface area contributed by atoms with Crippen molar-refractivity contribution < 1.29 is 14.3 Å². The zero-order valence-corrected chi connectivity index (χ0v) is 16.2. The number of esters is 1. The maximum atomic E-state index is 12.9. The molecule has 4 rings (SSSR count). The van der Waals surface area contributed by atoms with Crippen LogP contribution in [0.1, 0.15) is 49.4 Å². The van der Waals surface area contributed by atoms with Crippen molar-refractivity contribution in [1.82, 2.24) is 14.5 Å². The maximum Gasteiger partial charge on any atom is 0.344 e. The topological polar surface area (TPSA) is 92.3 Å². The van der Waals surface area contributed by atoms with Crippen LogP contribution in [-0.4, -0.2) is 39.8 Å². The highest BCUT2D eigenvalue weighted by Gasteiger charge is 2.26. The lowest BCUT2D eigenvalue weighted by Gasteiger charge is -2.10. The predicted octanol–water partition coefficient (Wildman–Crippen LogP) is 3.69. The number of rotatable bonds is 7. The Kier molecular flexibility index (Phi) is 5.43. The van der Waals surface area contributed by atoms with Crippen molar-refractivity contribution in [2.24, 2.45) is 0 Å². The molecule has 1 atom stereocenters. The molecule has 2 aromatic heterocycles. The van der Waals surface area contributed by atoms with Crippen LogP contribution < -0.4 is 5.73 Å². The van der Waals surface area contributed by atoms with Gasteiger partial charge in [0.25, 0.3) is 0 Å². The van der Waals surface area contributed by atoms with Crippen LogP contribution in [0, 0.1) is 0 Å². The summed E-state index contributed by atoms with van der Waals surface area (Å²) in [5.74, 6) is -0.0874. The Bertz CT molecular complexity index is 992. The first-order valence-electron chi connectivity index (χ1n) is 10.0. The molecule has 0 radical (unpaired) electrons. The Morgan fingerprint density at radius 3 is 2.79 bits per heavy atom. The van der Waals surface area contributed by atoms with Gasteiger partial charge >= 0.3 is 5.97 Å². The average Bonchev–Trinajstić information content (AvgIpc) is 3.31. The molecule has 148 valence electrons. The van der Waals surface area contributed by atoms with E-state index in [4.69, 9.17) is 25.2 Å². The van der Waals surface area contributed by atoms with E-state index in [1.807, 2.05) is 28.8 Å². The highest BCUT2D eigenvalue weighted by atomic mass is 16.6. The van der Waals surface area contributed by atoms with Gasteiger partial charge in [-0.1, -0.05) is 31.9 Å². The molecule has 0 amide bonds. The number of fused-ring (bicyclic) bond motifs is 2. The fraction of sp³-hybridized carbons (Fsp3) is 0.476. The molecule has 0 aliphatic carbocycles. The summed E-state index contributed by atoms with van der Waals surface area (Å²) in [6, 6.07) is 7.62. The van der Waals surface area contributed by atoms with Crippen LogP contribution in [0.15, 0.2) is 24.3 Å². The number of nitrogen functional groups attached to an aromatic ring is 1. The Morgan fingerprint density at radius 1 is 1.29 bits per heavy atom. The summed E-state index contributed by atoms with van der Waals surface area (Å²) in [4.78, 5) is 22.3. The third kappa shape index (κ3) is 3.54.